The molecule has 106 valence electrons. The van der Waals surface area contributed by atoms with Crippen molar-refractivity contribution in [3.05, 3.63) is 59.9 Å². The molecule has 0 amide bonds. The lowest BCUT2D eigenvalue weighted by Crippen LogP contribution is -2.02. The highest BCUT2D eigenvalue weighted by molar-refractivity contribution is 6.17. The summed E-state index contributed by atoms with van der Waals surface area (Å²) in [7, 11) is 0. The SMILES string of the molecule is Fc1ccc(OCCCCl)c(OCc2ccccc2)c1. The first kappa shape index (κ1) is 14.7. The molecule has 0 heterocycles. The van der Waals surface area contributed by atoms with Crippen molar-refractivity contribution >= 4 is 11.6 Å². The summed E-state index contributed by atoms with van der Waals surface area (Å²) in [5.41, 5.74) is 1.02. The maximum atomic E-state index is 13.3. The van der Waals surface area contributed by atoms with Crippen molar-refractivity contribution in [3.63, 3.8) is 0 Å². The van der Waals surface area contributed by atoms with Crippen LogP contribution in [0.25, 0.3) is 0 Å². The predicted molar refractivity (Wildman–Crippen MR) is 78.0 cm³/mol. The number of hydrogen-bond donors (Lipinski definition) is 0. The zero-order chi connectivity index (χ0) is 14.2. The van der Waals surface area contributed by atoms with Gasteiger partial charge in [-0.1, -0.05) is 30.3 Å². The van der Waals surface area contributed by atoms with Gasteiger partial charge in [0.05, 0.1) is 6.61 Å². The number of hydrogen-bond acceptors (Lipinski definition) is 2. The van der Waals surface area contributed by atoms with Crippen LogP contribution in [0.4, 0.5) is 4.39 Å². The number of halogens is 2. The topological polar surface area (TPSA) is 18.5 Å². The van der Waals surface area contributed by atoms with Crippen LogP contribution < -0.4 is 9.47 Å². The fraction of sp³-hybridized carbons (Fsp3) is 0.250. The van der Waals surface area contributed by atoms with E-state index in [0.717, 1.165) is 12.0 Å². The van der Waals surface area contributed by atoms with Crippen LogP contribution in [0.1, 0.15) is 12.0 Å². The molecule has 0 aliphatic carbocycles. The minimum absolute atomic E-state index is 0.349. The highest BCUT2D eigenvalue weighted by Gasteiger charge is 2.07. The molecule has 2 aromatic rings. The summed E-state index contributed by atoms with van der Waals surface area (Å²) in [6.07, 6.45) is 0.733. The molecule has 2 rings (SSSR count). The molecule has 2 nitrogen and oxygen atoms in total. The molecule has 0 N–H and O–H groups in total. The van der Waals surface area contributed by atoms with Gasteiger partial charge in [0.2, 0.25) is 0 Å². The maximum Gasteiger partial charge on any atom is 0.164 e. The summed E-state index contributed by atoms with van der Waals surface area (Å²) >= 11 is 5.60. The Bertz CT molecular complexity index is 531. The van der Waals surface area contributed by atoms with Crippen molar-refractivity contribution < 1.29 is 13.9 Å². The van der Waals surface area contributed by atoms with Gasteiger partial charge in [0, 0.05) is 11.9 Å². The van der Waals surface area contributed by atoms with Crippen molar-refractivity contribution in [3.8, 4) is 11.5 Å². The van der Waals surface area contributed by atoms with Gasteiger partial charge in [0.1, 0.15) is 12.4 Å². The van der Waals surface area contributed by atoms with E-state index in [9.17, 15) is 4.39 Å². The molecule has 0 aromatic heterocycles. The Kier molecular flexibility index (Phi) is 5.69. The molecule has 0 unspecified atom stereocenters. The van der Waals surface area contributed by atoms with Crippen LogP contribution in [0.2, 0.25) is 0 Å². The minimum atomic E-state index is -0.349. The fourth-order valence-corrected chi connectivity index (χ4v) is 1.80. The second-order valence-corrected chi connectivity index (χ2v) is 4.63. The molecule has 2 aromatic carbocycles. The summed E-state index contributed by atoms with van der Waals surface area (Å²) in [5, 5.41) is 0. The normalized spacial score (nSPS) is 10.3. The van der Waals surface area contributed by atoms with Gasteiger partial charge < -0.3 is 9.47 Å². The molecular formula is C16H16ClFO2. The zero-order valence-corrected chi connectivity index (χ0v) is 11.8. The van der Waals surface area contributed by atoms with E-state index in [1.54, 1.807) is 6.07 Å². The third kappa shape index (κ3) is 4.42. The molecule has 4 heteroatoms. The van der Waals surface area contributed by atoms with E-state index in [0.29, 0.717) is 30.6 Å². The predicted octanol–water partition coefficient (Wildman–Crippen LogP) is 4.41. The Morgan fingerprint density at radius 3 is 2.50 bits per heavy atom. The van der Waals surface area contributed by atoms with E-state index in [4.69, 9.17) is 21.1 Å². The average Bonchev–Trinajstić information content (AvgIpc) is 2.48. The number of alkyl halides is 1. The molecule has 0 saturated carbocycles. The van der Waals surface area contributed by atoms with E-state index >= 15 is 0 Å². The monoisotopic (exact) mass is 294 g/mol. The quantitative estimate of drug-likeness (QED) is 0.556. The second kappa shape index (κ2) is 7.75. The highest BCUT2D eigenvalue weighted by Crippen LogP contribution is 2.28. The van der Waals surface area contributed by atoms with Crippen LogP contribution in [-0.2, 0) is 6.61 Å². The van der Waals surface area contributed by atoms with E-state index in [-0.39, 0.29) is 5.82 Å². The second-order valence-electron chi connectivity index (χ2n) is 4.26. The van der Waals surface area contributed by atoms with Gasteiger partial charge in [-0.25, -0.2) is 4.39 Å². The zero-order valence-electron chi connectivity index (χ0n) is 11.0. The average molecular weight is 295 g/mol. The molecule has 0 fully saturated rings. The molecule has 0 aliphatic heterocycles. The van der Waals surface area contributed by atoms with Crippen molar-refractivity contribution in [2.45, 2.75) is 13.0 Å². The number of ether oxygens (including phenoxy) is 2. The Balaban J connectivity index is 2.03. The summed E-state index contributed by atoms with van der Waals surface area (Å²) in [5.74, 6) is 1.12. The summed E-state index contributed by atoms with van der Waals surface area (Å²) < 4.78 is 24.5. The van der Waals surface area contributed by atoms with Crippen LogP contribution in [0, 0.1) is 5.82 Å². The van der Waals surface area contributed by atoms with Gasteiger partial charge in [-0.15, -0.1) is 11.6 Å². The van der Waals surface area contributed by atoms with Crippen LogP contribution in [-0.4, -0.2) is 12.5 Å². The maximum absolute atomic E-state index is 13.3. The molecule has 0 radical (unpaired) electrons. The molecule has 20 heavy (non-hydrogen) atoms. The van der Waals surface area contributed by atoms with Gasteiger partial charge in [0.15, 0.2) is 11.5 Å². The van der Waals surface area contributed by atoms with E-state index in [1.807, 2.05) is 30.3 Å². The van der Waals surface area contributed by atoms with Crippen molar-refractivity contribution in [1.82, 2.24) is 0 Å². The Morgan fingerprint density at radius 1 is 0.950 bits per heavy atom. The van der Waals surface area contributed by atoms with Gasteiger partial charge in [-0.3, -0.25) is 0 Å². The smallest absolute Gasteiger partial charge is 0.164 e. The minimum Gasteiger partial charge on any atom is -0.490 e. The molecule has 0 saturated heterocycles. The van der Waals surface area contributed by atoms with E-state index in [1.165, 1.54) is 12.1 Å². The lowest BCUT2D eigenvalue weighted by atomic mass is 10.2. The molecular weight excluding hydrogens is 279 g/mol. The fourth-order valence-electron chi connectivity index (χ4n) is 1.69. The van der Waals surface area contributed by atoms with Gasteiger partial charge in [-0.2, -0.15) is 0 Å². The summed E-state index contributed by atoms with van der Waals surface area (Å²) in [6.45, 7) is 0.854. The first-order chi connectivity index (χ1) is 9.79. The van der Waals surface area contributed by atoms with Crippen molar-refractivity contribution in [2.75, 3.05) is 12.5 Å². The molecule has 0 atom stereocenters. The Labute approximate surface area is 123 Å². The molecule has 0 spiro atoms. The Morgan fingerprint density at radius 2 is 1.75 bits per heavy atom. The first-order valence-electron chi connectivity index (χ1n) is 6.44. The summed E-state index contributed by atoms with van der Waals surface area (Å²) in [6, 6.07) is 14.0. The lowest BCUT2D eigenvalue weighted by molar-refractivity contribution is 0.261. The van der Waals surface area contributed by atoms with E-state index < -0.39 is 0 Å². The van der Waals surface area contributed by atoms with Crippen LogP contribution >= 0.6 is 11.6 Å². The number of rotatable bonds is 7. The number of benzene rings is 2. The van der Waals surface area contributed by atoms with Crippen molar-refractivity contribution in [2.24, 2.45) is 0 Å². The van der Waals surface area contributed by atoms with E-state index in [2.05, 4.69) is 0 Å². The third-order valence-electron chi connectivity index (χ3n) is 2.68. The van der Waals surface area contributed by atoms with Crippen LogP contribution in [0.3, 0.4) is 0 Å². The molecule has 0 bridgehead atoms. The largest absolute Gasteiger partial charge is 0.490 e. The standard InChI is InChI=1S/C16H16ClFO2/c17-9-4-10-19-15-8-7-14(18)11-16(15)20-12-13-5-2-1-3-6-13/h1-3,5-8,11H,4,9-10,12H2. The Hall–Kier alpha value is -1.74. The summed E-state index contributed by atoms with van der Waals surface area (Å²) in [4.78, 5) is 0. The van der Waals surface area contributed by atoms with Gasteiger partial charge in [-0.05, 0) is 24.1 Å². The third-order valence-corrected chi connectivity index (χ3v) is 2.95. The van der Waals surface area contributed by atoms with Gasteiger partial charge in [0.25, 0.3) is 0 Å². The highest BCUT2D eigenvalue weighted by atomic mass is 35.5. The van der Waals surface area contributed by atoms with Gasteiger partial charge >= 0.3 is 0 Å². The molecule has 0 aliphatic rings. The van der Waals surface area contributed by atoms with Crippen LogP contribution in [0.5, 0.6) is 11.5 Å². The first-order valence-corrected chi connectivity index (χ1v) is 6.98. The van der Waals surface area contributed by atoms with Crippen molar-refractivity contribution in [1.29, 1.82) is 0 Å². The van der Waals surface area contributed by atoms with Crippen LogP contribution in [0.15, 0.2) is 48.5 Å². The lowest BCUT2D eigenvalue weighted by Gasteiger charge is -2.12.